The zero-order valence-corrected chi connectivity index (χ0v) is 15.3. The van der Waals surface area contributed by atoms with Crippen LogP contribution in [0.5, 0.6) is 0 Å². The average Bonchev–Trinajstić information content (AvgIpc) is 3.06. The number of benzene rings is 2. The van der Waals surface area contributed by atoms with Gasteiger partial charge >= 0.3 is 0 Å². The summed E-state index contributed by atoms with van der Waals surface area (Å²) in [5.41, 5.74) is 0.924. The number of carbonyl (C=O) groups is 2. The quantitative estimate of drug-likeness (QED) is 0.683. The van der Waals surface area contributed by atoms with E-state index >= 15 is 0 Å². The SMILES string of the molecule is O=C(NCC1CNCC1O)c1ccccc1C(=O)c1ccc(Cl)c(Cl)c1. The summed E-state index contributed by atoms with van der Waals surface area (Å²) in [5.74, 6) is -0.707. The van der Waals surface area contributed by atoms with Gasteiger partial charge in [-0.25, -0.2) is 0 Å². The first-order chi connectivity index (χ1) is 12.5. The maximum atomic E-state index is 12.8. The predicted octanol–water partition coefficient (Wildman–Crippen LogP) is 2.53. The molecular formula is C19H18Cl2N2O3. The van der Waals surface area contributed by atoms with Gasteiger partial charge in [-0.3, -0.25) is 9.59 Å². The summed E-state index contributed by atoms with van der Waals surface area (Å²) in [5, 5.41) is 16.3. The largest absolute Gasteiger partial charge is 0.391 e. The van der Waals surface area contributed by atoms with Crippen LogP contribution in [0, 0.1) is 5.92 Å². The van der Waals surface area contributed by atoms with Crippen molar-refractivity contribution in [1.29, 1.82) is 0 Å². The van der Waals surface area contributed by atoms with Crippen molar-refractivity contribution >= 4 is 34.9 Å². The third-order valence-corrected chi connectivity index (χ3v) is 5.17. The number of halogens is 2. The van der Waals surface area contributed by atoms with Crippen molar-refractivity contribution in [2.75, 3.05) is 19.6 Å². The summed E-state index contributed by atoms with van der Waals surface area (Å²) in [4.78, 5) is 25.4. The third-order valence-electron chi connectivity index (χ3n) is 4.43. The van der Waals surface area contributed by atoms with E-state index in [9.17, 15) is 14.7 Å². The predicted molar refractivity (Wildman–Crippen MR) is 101 cm³/mol. The van der Waals surface area contributed by atoms with E-state index in [-0.39, 0.29) is 33.8 Å². The van der Waals surface area contributed by atoms with Crippen LogP contribution in [0.15, 0.2) is 42.5 Å². The minimum Gasteiger partial charge on any atom is -0.391 e. The molecule has 0 bridgehead atoms. The highest BCUT2D eigenvalue weighted by molar-refractivity contribution is 6.42. The fourth-order valence-corrected chi connectivity index (χ4v) is 3.22. The molecule has 1 aliphatic heterocycles. The fraction of sp³-hybridized carbons (Fsp3) is 0.263. The van der Waals surface area contributed by atoms with Crippen molar-refractivity contribution in [3.8, 4) is 0 Å². The molecule has 2 unspecified atom stereocenters. The molecule has 0 aliphatic carbocycles. The number of aliphatic hydroxyl groups is 1. The van der Waals surface area contributed by atoms with E-state index < -0.39 is 6.10 Å². The first-order valence-corrected chi connectivity index (χ1v) is 8.98. The Bertz CT molecular complexity index is 841. The van der Waals surface area contributed by atoms with Gasteiger partial charge in [0, 0.05) is 36.7 Å². The summed E-state index contributed by atoms with van der Waals surface area (Å²) in [6, 6.07) is 11.2. The molecule has 1 aliphatic rings. The molecule has 1 saturated heterocycles. The lowest BCUT2D eigenvalue weighted by molar-refractivity contribution is 0.0917. The second kappa shape index (κ2) is 8.18. The van der Waals surface area contributed by atoms with Gasteiger partial charge in [0.2, 0.25) is 0 Å². The Kier molecular flexibility index (Phi) is 5.94. The molecule has 2 atom stereocenters. The highest BCUT2D eigenvalue weighted by atomic mass is 35.5. The molecule has 26 heavy (non-hydrogen) atoms. The molecule has 3 rings (SSSR count). The van der Waals surface area contributed by atoms with Crippen LogP contribution in [0.3, 0.4) is 0 Å². The maximum absolute atomic E-state index is 12.8. The molecule has 1 heterocycles. The smallest absolute Gasteiger partial charge is 0.252 e. The van der Waals surface area contributed by atoms with Gasteiger partial charge in [0.25, 0.3) is 5.91 Å². The minimum absolute atomic E-state index is 0.0446. The monoisotopic (exact) mass is 392 g/mol. The number of hydrogen-bond donors (Lipinski definition) is 3. The van der Waals surface area contributed by atoms with E-state index in [1.165, 1.54) is 6.07 Å². The summed E-state index contributed by atoms with van der Waals surface area (Å²) in [6.45, 7) is 1.50. The lowest BCUT2D eigenvalue weighted by atomic mass is 9.97. The van der Waals surface area contributed by atoms with Crippen LogP contribution in [0.25, 0.3) is 0 Å². The van der Waals surface area contributed by atoms with Crippen molar-refractivity contribution in [2.24, 2.45) is 5.92 Å². The molecule has 2 aromatic rings. The van der Waals surface area contributed by atoms with Gasteiger partial charge in [-0.1, -0.05) is 41.4 Å². The molecule has 1 fully saturated rings. The van der Waals surface area contributed by atoms with E-state index in [0.717, 1.165) is 0 Å². The fourth-order valence-electron chi connectivity index (χ4n) is 2.92. The molecule has 5 nitrogen and oxygen atoms in total. The van der Waals surface area contributed by atoms with Crippen LogP contribution in [-0.4, -0.2) is 42.5 Å². The zero-order chi connectivity index (χ0) is 18.7. The van der Waals surface area contributed by atoms with Crippen molar-refractivity contribution in [2.45, 2.75) is 6.10 Å². The van der Waals surface area contributed by atoms with Gasteiger partial charge in [-0.2, -0.15) is 0 Å². The molecule has 0 radical (unpaired) electrons. The standard InChI is InChI=1S/C19H18Cl2N2O3/c20-15-6-5-11(7-16(15)21)18(25)13-3-1-2-4-14(13)19(26)23-9-12-8-22-10-17(12)24/h1-7,12,17,22,24H,8-10H2,(H,23,26). The van der Waals surface area contributed by atoms with Crippen LogP contribution in [0.1, 0.15) is 26.3 Å². The number of β-amino-alcohol motifs (C(OH)–C–C–N with tert-alkyl or cyclic N) is 1. The Morgan fingerprint density at radius 2 is 1.81 bits per heavy atom. The van der Waals surface area contributed by atoms with E-state index in [1.54, 1.807) is 36.4 Å². The summed E-state index contributed by atoms with van der Waals surface area (Å²) < 4.78 is 0. The van der Waals surface area contributed by atoms with Gasteiger partial charge in [0.1, 0.15) is 0 Å². The second-order valence-electron chi connectivity index (χ2n) is 6.20. The van der Waals surface area contributed by atoms with Crippen LogP contribution in [0.4, 0.5) is 0 Å². The van der Waals surface area contributed by atoms with Crippen LogP contribution in [-0.2, 0) is 0 Å². The molecule has 136 valence electrons. The highest BCUT2D eigenvalue weighted by Crippen LogP contribution is 2.24. The van der Waals surface area contributed by atoms with Gasteiger partial charge in [0.05, 0.1) is 21.7 Å². The molecular weight excluding hydrogens is 375 g/mol. The van der Waals surface area contributed by atoms with Crippen molar-refractivity contribution in [1.82, 2.24) is 10.6 Å². The maximum Gasteiger partial charge on any atom is 0.252 e. The number of nitrogens with one attached hydrogen (secondary N) is 2. The molecule has 3 N–H and O–H groups in total. The second-order valence-corrected chi connectivity index (χ2v) is 7.01. The van der Waals surface area contributed by atoms with Crippen LogP contribution < -0.4 is 10.6 Å². The molecule has 0 aromatic heterocycles. The number of hydrogen-bond acceptors (Lipinski definition) is 4. The number of rotatable bonds is 5. The Hall–Kier alpha value is -1.92. The Labute approximate surface area is 161 Å². The zero-order valence-electron chi connectivity index (χ0n) is 13.8. The number of aliphatic hydroxyl groups excluding tert-OH is 1. The summed E-state index contributed by atoms with van der Waals surface area (Å²) in [6.07, 6.45) is -0.483. The van der Waals surface area contributed by atoms with E-state index in [4.69, 9.17) is 23.2 Å². The van der Waals surface area contributed by atoms with E-state index in [2.05, 4.69) is 10.6 Å². The Balaban J connectivity index is 1.79. The van der Waals surface area contributed by atoms with Gasteiger partial charge in [-0.05, 0) is 24.3 Å². The topological polar surface area (TPSA) is 78.4 Å². The Morgan fingerprint density at radius 3 is 2.46 bits per heavy atom. The molecule has 2 aromatic carbocycles. The van der Waals surface area contributed by atoms with Crippen molar-refractivity contribution in [3.63, 3.8) is 0 Å². The molecule has 1 amide bonds. The van der Waals surface area contributed by atoms with E-state index in [0.29, 0.717) is 30.2 Å². The van der Waals surface area contributed by atoms with Gasteiger partial charge in [0.15, 0.2) is 5.78 Å². The molecule has 7 heteroatoms. The number of carbonyl (C=O) groups excluding carboxylic acids is 2. The average molecular weight is 393 g/mol. The first kappa shape index (κ1) is 18.9. The molecule has 0 saturated carbocycles. The lowest BCUT2D eigenvalue weighted by Gasteiger charge is -2.15. The van der Waals surface area contributed by atoms with Crippen LogP contribution in [0.2, 0.25) is 10.0 Å². The third kappa shape index (κ3) is 4.07. The first-order valence-electron chi connectivity index (χ1n) is 8.23. The Morgan fingerprint density at radius 1 is 1.08 bits per heavy atom. The van der Waals surface area contributed by atoms with E-state index in [1.807, 2.05) is 0 Å². The minimum atomic E-state index is -0.483. The normalized spacial score (nSPS) is 19.3. The lowest BCUT2D eigenvalue weighted by Crippen LogP contribution is -2.35. The number of ketones is 1. The highest BCUT2D eigenvalue weighted by Gasteiger charge is 2.26. The summed E-state index contributed by atoms with van der Waals surface area (Å²) in [7, 11) is 0. The number of amides is 1. The molecule has 0 spiro atoms. The van der Waals surface area contributed by atoms with Crippen molar-refractivity contribution in [3.05, 3.63) is 69.2 Å². The van der Waals surface area contributed by atoms with Crippen molar-refractivity contribution < 1.29 is 14.7 Å². The van der Waals surface area contributed by atoms with Crippen LogP contribution >= 0.6 is 23.2 Å². The summed E-state index contributed by atoms with van der Waals surface area (Å²) >= 11 is 11.9. The van der Waals surface area contributed by atoms with Gasteiger partial charge < -0.3 is 15.7 Å². The van der Waals surface area contributed by atoms with Gasteiger partial charge in [-0.15, -0.1) is 0 Å².